The monoisotopic (exact) mass is 182 g/mol. The second-order valence-corrected chi connectivity index (χ2v) is 4.45. The summed E-state index contributed by atoms with van der Waals surface area (Å²) in [5.74, 6) is -0.716. The zero-order valence-corrected chi connectivity index (χ0v) is 8.85. The predicted molar refractivity (Wildman–Crippen MR) is 51.9 cm³/mol. The molecule has 0 aliphatic rings. The van der Waals surface area contributed by atoms with E-state index in [-0.39, 0.29) is 11.3 Å². The Morgan fingerprint density at radius 3 is 2.46 bits per heavy atom. The van der Waals surface area contributed by atoms with Crippen molar-refractivity contribution in [3.63, 3.8) is 0 Å². The van der Waals surface area contributed by atoms with Gasteiger partial charge in [-0.15, -0.1) is 0 Å². The largest absolute Gasteiger partial charge is 0.355 e. The maximum absolute atomic E-state index is 11.1. The fourth-order valence-corrected chi connectivity index (χ4v) is 0.772. The van der Waals surface area contributed by atoms with E-state index in [9.17, 15) is 4.79 Å². The Labute approximate surface area is 80.1 Å². The molecule has 0 aromatic rings. The van der Waals surface area contributed by atoms with Crippen LogP contribution in [-0.2, 0) is 4.79 Å². The first-order chi connectivity index (χ1) is 5.87. The highest BCUT2D eigenvalue weighted by Gasteiger charge is 2.13. The molecule has 0 aliphatic carbocycles. The molecule has 1 amide bonds. The minimum Gasteiger partial charge on any atom is -0.355 e. The predicted octanol–water partition coefficient (Wildman–Crippen LogP) is 1.70. The first-order valence-electron chi connectivity index (χ1n) is 4.54. The standard InChI is InChI=1S/C10H18N2O/c1-8(7-11)9(13)12-6-5-10(2,3)4/h8H,5-6H2,1-4H3,(H,12,13). The molecule has 0 saturated carbocycles. The maximum Gasteiger partial charge on any atom is 0.237 e. The van der Waals surface area contributed by atoms with Crippen molar-refractivity contribution in [1.82, 2.24) is 5.32 Å². The van der Waals surface area contributed by atoms with Gasteiger partial charge in [-0.25, -0.2) is 0 Å². The van der Waals surface area contributed by atoms with Crippen LogP contribution in [0.4, 0.5) is 0 Å². The summed E-state index contributed by atoms with van der Waals surface area (Å²) >= 11 is 0. The normalized spacial score (nSPS) is 13.2. The SMILES string of the molecule is CC(C#N)C(=O)NCCC(C)(C)C. The van der Waals surface area contributed by atoms with Gasteiger partial charge in [-0.2, -0.15) is 5.26 Å². The molecule has 0 aromatic heterocycles. The molecule has 0 rings (SSSR count). The molecule has 0 bridgehead atoms. The topological polar surface area (TPSA) is 52.9 Å². The lowest BCUT2D eigenvalue weighted by Crippen LogP contribution is -2.31. The number of amides is 1. The molecule has 74 valence electrons. The number of hydrogen-bond acceptors (Lipinski definition) is 2. The third-order valence-corrected chi connectivity index (χ3v) is 1.76. The summed E-state index contributed by atoms with van der Waals surface area (Å²) in [5, 5.41) is 11.2. The molecule has 1 atom stereocenters. The lowest BCUT2D eigenvalue weighted by Gasteiger charge is -2.18. The van der Waals surface area contributed by atoms with E-state index in [2.05, 4.69) is 26.1 Å². The molecule has 0 saturated heterocycles. The van der Waals surface area contributed by atoms with Crippen LogP contribution < -0.4 is 5.32 Å². The van der Waals surface area contributed by atoms with Crippen LogP contribution in [0.25, 0.3) is 0 Å². The summed E-state index contributed by atoms with van der Waals surface area (Å²) in [5.41, 5.74) is 0.225. The van der Waals surface area contributed by atoms with Crippen molar-refractivity contribution in [3.8, 4) is 6.07 Å². The smallest absolute Gasteiger partial charge is 0.237 e. The van der Waals surface area contributed by atoms with Crippen LogP contribution in [0.2, 0.25) is 0 Å². The van der Waals surface area contributed by atoms with Crippen molar-refractivity contribution in [1.29, 1.82) is 5.26 Å². The van der Waals surface area contributed by atoms with Crippen LogP contribution in [0.5, 0.6) is 0 Å². The molecule has 0 heterocycles. The van der Waals surface area contributed by atoms with Gasteiger partial charge in [0.1, 0.15) is 5.92 Å². The van der Waals surface area contributed by atoms with E-state index < -0.39 is 5.92 Å². The summed E-state index contributed by atoms with van der Waals surface area (Å²) in [4.78, 5) is 11.1. The van der Waals surface area contributed by atoms with Crippen molar-refractivity contribution in [3.05, 3.63) is 0 Å². The molecule has 3 heteroatoms. The van der Waals surface area contributed by atoms with Crippen molar-refractivity contribution in [2.24, 2.45) is 11.3 Å². The third kappa shape index (κ3) is 6.15. The molecule has 0 aliphatic heterocycles. The van der Waals surface area contributed by atoms with E-state index in [4.69, 9.17) is 5.26 Å². The Kier molecular flexibility index (Phi) is 4.47. The number of carbonyl (C=O) groups excluding carboxylic acids is 1. The third-order valence-electron chi connectivity index (χ3n) is 1.76. The number of nitrogens with one attached hydrogen (secondary N) is 1. The summed E-state index contributed by atoms with van der Waals surface area (Å²) in [6.45, 7) is 8.60. The molecule has 3 nitrogen and oxygen atoms in total. The van der Waals surface area contributed by atoms with Gasteiger partial charge in [0.25, 0.3) is 0 Å². The Morgan fingerprint density at radius 2 is 2.08 bits per heavy atom. The van der Waals surface area contributed by atoms with Gasteiger partial charge < -0.3 is 5.32 Å². The zero-order valence-electron chi connectivity index (χ0n) is 8.85. The quantitative estimate of drug-likeness (QED) is 0.722. The van der Waals surface area contributed by atoms with Gasteiger partial charge in [-0.05, 0) is 18.8 Å². The first kappa shape index (κ1) is 12.0. The van der Waals surface area contributed by atoms with Crippen LogP contribution in [0.1, 0.15) is 34.1 Å². The lowest BCUT2D eigenvalue weighted by atomic mass is 9.92. The molecule has 0 fully saturated rings. The van der Waals surface area contributed by atoms with Gasteiger partial charge in [-0.3, -0.25) is 4.79 Å². The van der Waals surface area contributed by atoms with Gasteiger partial charge in [0.15, 0.2) is 0 Å². The summed E-state index contributed by atoms with van der Waals surface area (Å²) in [7, 11) is 0. The van der Waals surface area contributed by atoms with Crippen LogP contribution in [-0.4, -0.2) is 12.5 Å². The number of rotatable bonds is 3. The van der Waals surface area contributed by atoms with Gasteiger partial charge >= 0.3 is 0 Å². The molecular weight excluding hydrogens is 164 g/mol. The highest BCUT2D eigenvalue weighted by Crippen LogP contribution is 2.16. The van der Waals surface area contributed by atoms with Crippen molar-refractivity contribution in [2.45, 2.75) is 34.1 Å². The highest BCUT2D eigenvalue weighted by molar-refractivity contribution is 5.80. The average Bonchev–Trinajstić information content (AvgIpc) is 2.00. The molecular formula is C10H18N2O. The second-order valence-electron chi connectivity index (χ2n) is 4.45. The minimum atomic E-state index is -0.542. The fourth-order valence-electron chi connectivity index (χ4n) is 0.772. The lowest BCUT2D eigenvalue weighted by molar-refractivity contribution is -0.123. The second kappa shape index (κ2) is 4.86. The molecule has 1 unspecified atom stereocenters. The number of nitrogens with zero attached hydrogens (tertiary/aromatic N) is 1. The van der Waals surface area contributed by atoms with Gasteiger partial charge in [0.2, 0.25) is 5.91 Å². The van der Waals surface area contributed by atoms with E-state index in [1.165, 1.54) is 0 Å². The van der Waals surface area contributed by atoms with E-state index >= 15 is 0 Å². The van der Waals surface area contributed by atoms with Gasteiger partial charge in [0, 0.05) is 6.54 Å². The van der Waals surface area contributed by atoms with E-state index in [0.29, 0.717) is 6.54 Å². The first-order valence-corrected chi connectivity index (χ1v) is 4.54. The van der Waals surface area contributed by atoms with Crippen molar-refractivity contribution >= 4 is 5.91 Å². The minimum absolute atomic E-state index is 0.174. The fraction of sp³-hybridized carbons (Fsp3) is 0.800. The number of hydrogen-bond donors (Lipinski definition) is 1. The number of nitriles is 1. The summed E-state index contributed by atoms with van der Waals surface area (Å²) < 4.78 is 0. The van der Waals surface area contributed by atoms with Crippen LogP contribution in [0.3, 0.4) is 0 Å². The van der Waals surface area contributed by atoms with E-state index in [0.717, 1.165) is 6.42 Å². The number of carbonyl (C=O) groups is 1. The molecule has 1 N–H and O–H groups in total. The van der Waals surface area contributed by atoms with Crippen LogP contribution in [0.15, 0.2) is 0 Å². The molecule has 0 spiro atoms. The Hall–Kier alpha value is -1.04. The summed E-state index contributed by atoms with van der Waals surface area (Å²) in [6, 6.07) is 1.90. The molecule has 0 aromatic carbocycles. The van der Waals surface area contributed by atoms with Crippen LogP contribution >= 0.6 is 0 Å². The van der Waals surface area contributed by atoms with E-state index in [1.54, 1.807) is 6.92 Å². The van der Waals surface area contributed by atoms with Crippen LogP contribution in [0, 0.1) is 22.7 Å². The van der Waals surface area contributed by atoms with Crippen molar-refractivity contribution < 1.29 is 4.79 Å². The zero-order chi connectivity index (χ0) is 10.5. The van der Waals surface area contributed by atoms with Gasteiger partial charge in [0.05, 0.1) is 6.07 Å². The van der Waals surface area contributed by atoms with Gasteiger partial charge in [-0.1, -0.05) is 20.8 Å². The molecule has 13 heavy (non-hydrogen) atoms. The van der Waals surface area contributed by atoms with E-state index in [1.807, 2.05) is 6.07 Å². The Balaban J connectivity index is 3.68. The Morgan fingerprint density at radius 1 is 1.54 bits per heavy atom. The van der Waals surface area contributed by atoms with Crippen molar-refractivity contribution in [2.75, 3.05) is 6.54 Å². The maximum atomic E-state index is 11.1. The Bertz CT molecular complexity index is 210. The highest BCUT2D eigenvalue weighted by atomic mass is 16.1. The molecule has 0 radical (unpaired) electrons. The summed E-state index contributed by atoms with van der Waals surface area (Å²) in [6.07, 6.45) is 0.927. The average molecular weight is 182 g/mol.